The quantitative estimate of drug-likeness (QED) is 0.823. The lowest BCUT2D eigenvalue weighted by molar-refractivity contribution is -0.153. The number of carbonyl (C=O) groups is 1. The third kappa shape index (κ3) is 2.55. The Kier molecular flexibility index (Phi) is 3.02. The molecule has 5 heteroatoms. The minimum absolute atomic E-state index is 0.272. The Morgan fingerprint density at radius 2 is 2.24 bits per heavy atom. The van der Waals surface area contributed by atoms with Crippen molar-refractivity contribution in [2.45, 2.75) is 20.8 Å². The van der Waals surface area contributed by atoms with E-state index in [2.05, 4.69) is 4.98 Å². The molecular formula is C12H14N2O2S. The fraction of sp³-hybridized carbons (Fsp3) is 0.333. The van der Waals surface area contributed by atoms with Crippen LogP contribution in [0.25, 0.3) is 10.7 Å². The Balaban J connectivity index is 2.24. The molecule has 0 N–H and O–H groups in total. The molecule has 17 heavy (non-hydrogen) atoms. The summed E-state index contributed by atoms with van der Waals surface area (Å²) in [6, 6.07) is 3.70. The second-order valence-electron chi connectivity index (χ2n) is 4.69. The molecule has 2 heterocycles. The van der Waals surface area contributed by atoms with E-state index in [1.165, 1.54) is 16.1 Å². The summed E-state index contributed by atoms with van der Waals surface area (Å²) >= 11 is 1.51. The fourth-order valence-electron chi connectivity index (χ4n) is 1.19. The summed E-state index contributed by atoms with van der Waals surface area (Å²) in [5.74, 6) is -0.272. The highest BCUT2D eigenvalue weighted by Gasteiger charge is 2.25. The van der Waals surface area contributed by atoms with E-state index in [1.54, 1.807) is 12.4 Å². The zero-order valence-electron chi connectivity index (χ0n) is 10.0. The van der Waals surface area contributed by atoms with E-state index < -0.39 is 5.41 Å². The predicted octanol–water partition coefficient (Wildman–Crippen LogP) is 2.61. The highest BCUT2D eigenvalue weighted by Crippen LogP contribution is 2.22. The van der Waals surface area contributed by atoms with Gasteiger partial charge in [0.2, 0.25) is 0 Å². The van der Waals surface area contributed by atoms with Crippen LogP contribution in [0.4, 0.5) is 0 Å². The van der Waals surface area contributed by atoms with Crippen molar-refractivity contribution in [3.8, 4) is 10.7 Å². The molecule has 4 nitrogen and oxygen atoms in total. The van der Waals surface area contributed by atoms with Gasteiger partial charge in [-0.1, -0.05) is 0 Å². The minimum Gasteiger partial charge on any atom is -0.336 e. The monoisotopic (exact) mass is 250 g/mol. The predicted molar refractivity (Wildman–Crippen MR) is 66.6 cm³/mol. The van der Waals surface area contributed by atoms with Crippen LogP contribution in [-0.4, -0.2) is 15.7 Å². The average Bonchev–Trinajstić information content (AvgIpc) is 2.83. The highest BCUT2D eigenvalue weighted by atomic mass is 32.1. The Morgan fingerprint density at radius 3 is 2.82 bits per heavy atom. The van der Waals surface area contributed by atoms with Crippen molar-refractivity contribution in [1.82, 2.24) is 9.71 Å². The van der Waals surface area contributed by atoms with Gasteiger partial charge in [-0.3, -0.25) is 0 Å². The number of aromatic nitrogens is 2. The molecule has 2 aromatic heterocycles. The molecule has 0 unspecified atom stereocenters. The number of hydrogen-bond acceptors (Lipinski definition) is 4. The van der Waals surface area contributed by atoms with Crippen molar-refractivity contribution in [2.75, 3.05) is 0 Å². The first-order valence-corrected chi connectivity index (χ1v) is 6.16. The summed E-state index contributed by atoms with van der Waals surface area (Å²) in [4.78, 5) is 21.3. The normalized spacial score (nSPS) is 11.5. The van der Waals surface area contributed by atoms with Gasteiger partial charge in [0, 0.05) is 17.8 Å². The lowest BCUT2D eigenvalue weighted by Gasteiger charge is -2.17. The Bertz CT molecular complexity index is 509. The van der Waals surface area contributed by atoms with Gasteiger partial charge in [0.1, 0.15) is 10.7 Å². The maximum absolute atomic E-state index is 11.8. The van der Waals surface area contributed by atoms with Gasteiger partial charge < -0.3 is 4.84 Å². The molecule has 0 spiro atoms. The first-order chi connectivity index (χ1) is 7.98. The third-order valence-corrected chi connectivity index (χ3v) is 2.95. The van der Waals surface area contributed by atoms with Crippen LogP contribution in [0.1, 0.15) is 20.8 Å². The average molecular weight is 250 g/mol. The van der Waals surface area contributed by atoms with Crippen molar-refractivity contribution >= 4 is 17.3 Å². The number of rotatable bonds is 2. The Morgan fingerprint density at radius 1 is 1.47 bits per heavy atom. The van der Waals surface area contributed by atoms with E-state index in [1.807, 2.05) is 38.3 Å². The smallest absolute Gasteiger partial charge is 0.336 e. The fourth-order valence-corrected chi connectivity index (χ4v) is 1.84. The number of carbonyl (C=O) groups excluding carboxylic acids is 1. The van der Waals surface area contributed by atoms with Gasteiger partial charge in [0.05, 0.1) is 5.41 Å². The van der Waals surface area contributed by atoms with Crippen molar-refractivity contribution < 1.29 is 9.63 Å². The molecule has 0 aliphatic heterocycles. The molecule has 0 aliphatic carbocycles. The van der Waals surface area contributed by atoms with Gasteiger partial charge in [-0.25, -0.2) is 9.78 Å². The second-order valence-corrected chi connectivity index (χ2v) is 5.58. The number of hydrogen-bond donors (Lipinski definition) is 0. The number of thiazole rings is 1. The van der Waals surface area contributed by atoms with E-state index in [9.17, 15) is 4.79 Å². The lowest BCUT2D eigenvalue weighted by Crippen LogP contribution is -2.31. The maximum Gasteiger partial charge on any atom is 0.338 e. The summed E-state index contributed by atoms with van der Waals surface area (Å²) in [5.41, 5.74) is 0.266. The van der Waals surface area contributed by atoms with E-state index >= 15 is 0 Å². The van der Waals surface area contributed by atoms with Crippen LogP contribution in [0.5, 0.6) is 0 Å². The molecule has 2 rings (SSSR count). The molecule has 0 aromatic carbocycles. The molecule has 0 amide bonds. The van der Waals surface area contributed by atoms with Crippen LogP contribution < -0.4 is 4.84 Å². The Hall–Kier alpha value is -1.62. The van der Waals surface area contributed by atoms with Crippen LogP contribution in [0.15, 0.2) is 29.9 Å². The van der Waals surface area contributed by atoms with Crippen molar-refractivity contribution in [3.05, 3.63) is 29.9 Å². The molecule has 2 aromatic rings. The van der Waals surface area contributed by atoms with Crippen molar-refractivity contribution in [2.24, 2.45) is 5.41 Å². The summed E-state index contributed by atoms with van der Waals surface area (Å²) in [7, 11) is 0. The van der Waals surface area contributed by atoms with E-state index in [4.69, 9.17) is 4.84 Å². The summed E-state index contributed by atoms with van der Waals surface area (Å²) in [6.45, 7) is 5.46. The highest BCUT2D eigenvalue weighted by molar-refractivity contribution is 7.13. The molecule has 0 radical (unpaired) electrons. The van der Waals surface area contributed by atoms with Crippen LogP contribution in [0.3, 0.4) is 0 Å². The largest absolute Gasteiger partial charge is 0.338 e. The molecule has 0 saturated heterocycles. The van der Waals surface area contributed by atoms with E-state index in [-0.39, 0.29) is 5.97 Å². The molecule has 0 saturated carbocycles. The van der Waals surface area contributed by atoms with Crippen LogP contribution in [0.2, 0.25) is 0 Å². The van der Waals surface area contributed by atoms with Crippen LogP contribution >= 0.6 is 11.3 Å². The summed E-state index contributed by atoms with van der Waals surface area (Å²) in [6.07, 6.45) is 3.43. The van der Waals surface area contributed by atoms with E-state index in [0.29, 0.717) is 0 Å². The van der Waals surface area contributed by atoms with Gasteiger partial charge in [-0.2, -0.15) is 4.73 Å². The zero-order valence-corrected chi connectivity index (χ0v) is 10.8. The van der Waals surface area contributed by atoms with Gasteiger partial charge in [0.15, 0.2) is 0 Å². The summed E-state index contributed by atoms with van der Waals surface area (Å²) in [5, 5.41) is 2.72. The summed E-state index contributed by atoms with van der Waals surface area (Å²) < 4.78 is 1.46. The standard InChI is InChI=1S/C12H14N2O2S/c1-12(2,3)11(15)16-14-7-4-5-9(14)10-13-6-8-17-10/h4-8H,1-3H3. The minimum atomic E-state index is -0.523. The molecule has 90 valence electrons. The topological polar surface area (TPSA) is 44.1 Å². The molecule has 0 aliphatic rings. The maximum atomic E-state index is 11.8. The van der Waals surface area contributed by atoms with Crippen LogP contribution in [0, 0.1) is 5.41 Å². The first kappa shape index (κ1) is 11.9. The van der Waals surface area contributed by atoms with Gasteiger partial charge in [-0.05, 0) is 32.9 Å². The SMILES string of the molecule is CC(C)(C)C(=O)On1cccc1-c1nccs1. The third-order valence-electron chi connectivity index (χ3n) is 2.16. The Labute approximate surface area is 104 Å². The van der Waals surface area contributed by atoms with Gasteiger partial charge in [-0.15, -0.1) is 11.3 Å². The second kappa shape index (κ2) is 4.33. The van der Waals surface area contributed by atoms with Gasteiger partial charge >= 0.3 is 5.97 Å². The zero-order chi connectivity index (χ0) is 12.5. The van der Waals surface area contributed by atoms with E-state index in [0.717, 1.165) is 10.7 Å². The van der Waals surface area contributed by atoms with Gasteiger partial charge in [0.25, 0.3) is 0 Å². The molecule has 0 atom stereocenters. The van der Waals surface area contributed by atoms with Crippen LogP contribution in [-0.2, 0) is 4.79 Å². The lowest BCUT2D eigenvalue weighted by atomic mass is 9.98. The van der Waals surface area contributed by atoms with Crippen molar-refractivity contribution in [3.63, 3.8) is 0 Å². The molecular weight excluding hydrogens is 236 g/mol. The first-order valence-electron chi connectivity index (χ1n) is 5.28. The molecule has 0 bridgehead atoms. The van der Waals surface area contributed by atoms with Crippen molar-refractivity contribution in [1.29, 1.82) is 0 Å². The number of nitrogens with zero attached hydrogens (tertiary/aromatic N) is 2. The molecule has 0 fully saturated rings.